The molecule has 0 atom stereocenters. The van der Waals surface area contributed by atoms with Crippen molar-refractivity contribution in [2.75, 3.05) is 23.4 Å². The van der Waals surface area contributed by atoms with Crippen LogP contribution in [0.25, 0.3) is 0 Å². The molecular formula is C17H14N2O4. The van der Waals surface area contributed by atoms with Crippen molar-refractivity contribution in [3.8, 4) is 5.75 Å². The lowest BCUT2D eigenvalue weighted by Crippen LogP contribution is -2.43. The smallest absolute Gasteiger partial charge is 0.265 e. The topological polar surface area (TPSA) is 75.7 Å². The van der Waals surface area contributed by atoms with E-state index >= 15 is 0 Å². The average Bonchev–Trinajstić information content (AvgIpc) is 2.58. The number of para-hydroxylation sites is 1. The molecule has 1 N–H and O–H groups in total. The van der Waals surface area contributed by atoms with Crippen LogP contribution in [0, 0.1) is 0 Å². The standard InChI is InChI=1S/C17H14N2O4/c20-10-12-6-7-15-14(8-12)19(17(22)11-23-15)9-16(21)18-13-4-2-1-3-5-13/h1-8,10H,9,11H2,(H,18,21). The van der Waals surface area contributed by atoms with Gasteiger partial charge in [0.15, 0.2) is 6.61 Å². The first-order valence-electron chi connectivity index (χ1n) is 7.04. The predicted molar refractivity (Wildman–Crippen MR) is 84.7 cm³/mol. The number of aldehydes is 1. The molecule has 116 valence electrons. The second-order valence-corrected chi connectivity index (χ2v) is 5.03. The van der Waals surface area contributed by atoms with Crippen molar-refractivity contribution in [1.82, 2.24) is 0 Å². The summed E-state index contributed by atoms with van der Waals surface area (Å²) in [4.78, 5) is 36.5. The normalized spacial score (nSPS) is 13.0. The van der Waals surface area contributed by atoms with Crippen molar-refractivity contribution in [3.63, 3.8) is 0 Å². The monoisotopic (exact) mass is 310 g/mol. The maximum atomic E-state index is 12.2. The van der Waals surface area contributed by atoms with Crippen molar-refractivity contribution in [1.29, 1.82) is 0 Å². The Morgan fingerprint density at radius 1 is 1.22 bits per heavy atom. The summed E-state index contributed by atoms with van der Waals surface area (Å²) >= 11 is 0. The Kier molecular flexibility index (Phi) is 4.05. The van der Waals surface area contributed by atoms with E-state index in [2.05, 4.69) is 5.32 Å². The number of ether oxygens (including phenoxy) is 1. The minimum absolute atomic E-state index is 0.133. The molecule has 1 heterocycles. The third-order valence-corrected chi connectivity index (χ3v) is 3.42. The number of carbonyl (C=O) groups excluding carboxylic acids is 3. The van der Waals surface area contributed by atoms with Crippen LogP contribution < -0.4 is 15.0 Å². The third kappa shape index (κ3) is 3.21. The lowest BCUT2D eigenvalue weighted by molar-refractivity contribution is -0.123. The van der Waals surface area contributed by atoms with E-state index in [1.165, 1.54) is 11.0 Å². The molecule has 0 fully saturated rings. The largest absolute Gasteiger partial charge is 0.482 e. The summed E-state index contributed by atoms with van der Waals surface area (Å²) in [6, 6.07) is 13.7. The fourth-order valence-electron chi connectivity index (χ4n) is 2.33. The summed E-state index contributed by atoms with van der Waals surface area (Å²) in [5.41, 5.74) is 1.49. The number of carbonyl (C=O) groups is 3. The number of fused-ring (bicyclic) bond motifs is 1. The van der Waals surface area contributed by atoms with Crippen molar-refractivity contribution in [2.24, 2.45) is 0 Å². The van der Waals surface area contributed by atoms with Gasteiger partial charge in [-0.05, 0) is 30.3 Å². The SMILES string of the molecule is O=Cc1ccc2c(c1)N(CC(=O)Nc1ccccc1)C(=O)CO2. The molecule has 1 aliphatic rings. The van der Waals surface area contributed by atoms with Crippen LogP contribution in [0.2, 0.25) is 0 Å². The summed E-state index contributed by atoms with van der Waals surface area (Å²) in [5, 5.41) is 2.73. The quantitative estimate of drug-likeness (QED) is 0.875. The Morgan fingerprint density at radius 3 is 2.74 bits per heavy atom. The van der Waals surface area contributed by atoms with Gasteiger partial charge in [-0.3, -0.25) is 19.3 Å². The zero-order chi connectivity index (χ0) is 16.2. The van der Waals surface area contributed by atoms with Gasteiger partial charge in [-0.2, -0.15) is 0 Å². The molecule has 6 heteroatoms. The van der Waals surface area contributed by atoms with Gasteiger partial charge in [0.25, 0.3) is 5.91 Å². The van der Waals surface area contributed by atoms with Crippen LogP contribution in [0.4, 0.5) is 11.4 Å². The van der Waals surface area contributed by atoms with E-state index in [0.29, 0.717) is 29.0 Å². The van der Waals surface area contributed by atoms with Crippen molar-refractivity contribution in [3.05, 3.63) is 54.1 Å². The molecule has 23 heavy (non-hydrogen) atoms. The lowest BCUT2D eigenvalue weighted by Gasteiger charge is -2.29. The average molecular weight is 310 g/mol. The molecule has 0 bridgehead atoms. The van der Waals surface area contributed by atoms with E-state index in [1.54, 1.807) is 36.4 Å². The van der Waals surface area contributed by atoms with Gasteiger partial charge in [0.2, 0.25) is 5.91 Å². The highest BCUT2D eigenvalue weighted by Crippen LogP contribution is 2.32. The molecule has 2 aromatic rings. The molecule has 2 aromatic carbocycles. The summed E-state index contributed by atoms with van der Waals surface area (Å²) in [5.74, 6) is -0.180. The van der Waals surface area contributed by atoms with Crippen LogP contribution in [0.3, 0.4) is 0 Å². The van der Waals surface area contributed by atoms with Gasteiger partial charge in [-0.15, -0.1) is 0 Å². The summed E-state index contributed by atoms with van der Waals surface area (Å²) in [6.45, 7) is -0.279. The molecule has 0 aromatic heterocycles. The number of anilines is 2. The molecule has 1 aliphatic heterocycles. The van der Waals surface area contributed by atoms with Crippen LogP contribution in [0.15, 0.2) is 48.5 Å². The van der Waals surface area contributed by atoms with Gasteiger partial charge in [-0.1, -0.05) is 18.2 Å². The summed E-state index contributed by atoms with van der Waals surface area (Å²) in [6.07, 6.45) is 0.682. The Bertz CT molecular complexity index is 758. The van der Waals surface area contributed by atoms with Crippen molar-refractivity contribution < 1.29 is 19.1 Å². The fraction of sp³-hybridized carbons (Fsp3) is 0.118. The molecule has 0 aliphatic carbocycles. The first kappa shape index (κ1) is 14.8. The van der Waals surface area contributed by atoms with E-state index < -0.39 is 0 Å². The van der Waals surface area contributed by atoms with Crippen LogP contribution in [0.1, 0.15) is 10.4 Å². The Morgan fingerprint density at radius 2 is 2.00 bits per heavy atom. The number of hydrogen-bond donors (Lipinski definition) is 1. The Hall–Kier alpha value is -3.15. The lowest BCUT2D eigenvalue weighted by atomic mass is 10.1. The van der Waals surface area contributed by atoms with E-state index in [4.69, 9.17) is 4.74 Å². The van der Waals surface area contributed by atoms with Gasteiger partial charge in [0.1, 0.15) is 18.6 Å². The first-order valence-corrected chi connectivity index (χ1v) is 7.04. The van der Waals surface area contributed by atoms with Crippen molar-refractivity contribution >= 4 is 29.5 Å². The minimum Gasteiger partial charge on any atom is -0.482 e. The minimum atomic E-state index is -0.330. The molecule has 0 saturated carbocycles. The highest BCUT2D eigenvalue weighted by atomic mass is 16.5. The van der Waals surface area contributed by atoms with E-state index in [1.807, 2.05) is 6.07 Å². The molecule has 6 nitrogen and oxygen atoms in total. The second-order valence-electron chi connectivity index (χ2n) is 5.03. The number of benzene rings is 2. The van der Waals surface area contributed by atoms with E-state index in [0.717, 1.165) is 0 Å². The molecule has 0 unspecified atom stereocenters. The van der Waals surface area contributed by atoms with Gasteiger partial charge < -0.3 is 10.1 Å². The first-order chi connectivity index (χ1) is 11.2. The van der Waals surface area contributed by atoms with Crippen LogP contribution in [-0.4, -0.2) is 31.3 Å². The summed E-state index contributed by atoms with van der Waals surface area (Å²) < 4.78 is 5.33. The number of rotatable bonds is 4. The van der Waals surface area contributed by atoms with Crippen LogP contribution in [0.5, 0.6) is 5.75 Å². The van der Waals surface area contributed by atoms with E-state index in [-0.39, 0.29) is 25.0 Å². The maximum Gasteiger partial charge on any atom is 0.265 e. The third-order valence-electron chi connectivity index (χ3n) is 3.42. The fourth-order valence-corrected chi connectivity index (χ4v) is 2.33. The molecule has 0 radical (unpaired) electrons. The van der Waals surface area contributed by atoms with Gasteiger partial charge in [-0.25, -0.2) is 0 Å². The zero-order valence-electron chi connectivity index (χ0n) is 12.2. The number of nitrogens with zero attached hydrogens (tertiary/aromatic N) is 1. The van der Waals surface area contributed by atoms with Crippen molar-refractivity contribution in [2.45, 2.75) is 0 Å². The number of hydrogen-bond acceptors (Lipinski definition) is 4. The number of nitrogens with one attached hydrogen (secondary N) is 1. The molecule has 0 saturated heterocycles. The van der Waals surface area contributed by atoms with Crippen LogP contribution in [-0.2, 0) is 9.59 Å². The second kappa shape index (κ2) is 6.31. The maximum absolute atomic E-state index is 12.2. The van der Waals surface area contributed by atoms with Gasteiger partial charge >= 0.3 is 0 Å². The zero-order valence-corrected chi connectivity index (χ0v) is 12.2. The van der Waals surface area contributed by atoms with Gasteiger partial charge in [0.05, 0.1) is 5.69 Å². The summed E-state index contributed by atoms with van der Waals surface area (Å²) in [7, 11) is 0. The molecule has 0 spiro atoms. The molecule has 3 rings (SSSR count). The predicted octanol–water partition coefficient (Wildman–Crippen LogP) is 1.86. The van der Waals surface area contributed by atoms with Crippen LogP contribution >= 0.6 is 0 Å². The Labute approximate surface area is 132 Å². The van der Waals surface area contributed by atoms with E-state index in [9.17, 15) is 14.4 Å². The molecular weight excluding hydrogens is 296 g/mol. The highest BCUT2D eigenvalue weighted by Gasteiger charge is 2.27. The number of amides is 2. The Balaban J connectivity index is 1.81. The molecule has 2 amide bonds. The highest BCUT2D eigenvalue weighted by molar-refractivity contribution is 6.05. The van der Waals surface area contributed by atoms with Gasteiger partial charge in [0, 0.05) is 11.3 Å².